The number of carbonyl (C=O) groups is 2. The summed E-state index contributed by atoms with van der Waals surface area (Å²) in [7, 11) is 0. The lowest BCUT2D eigenvalue weighted by atomic mass is 10.1. The highest BCUT2D eigenvalue weighted by Crippen LogP contribution is 2.27. The van der Waals surface area contributed by atoms with Gasteiger partial charge >= 0.3 is 5.97 Å². The fraction of sp³-hybridized carbons (Fsp3) is 0.280. The number of ether oxygens (including phenoxy) is 2. The molecule has 3 rings (SSSR count). The molecule has 7 nitrogen and oxygen atoms in total. The standard InChI is InChI=1S/C25H25N3O4S2/c1-3-31-21-11-9-20(10-12-21)28(14-6-13-26)23(29)15-32-24(30)22-8-5-4-7-19(22)17-34-25-27-18(2)16-33-25/h4-5,7-12,16H,3,6,14-15,17H2,1-2H3. The molecule has 0 radical (unpaired) electrons. The van der Waals surface area contributed by atoms with Crippen LogP contribution in [-0.4, -0.2) is 36.6 Å². The number of anilines is 1. The van der Waals surface area contributed by atoms with Crippen LogP contribution in [0.4, 0.5) is 5.69 Å². The van der Waals surface area contributed by atoms with Gasteiger partial charge in [0.15, 0.2) is 6.61 Å². The zero-order valence-corrected chi connectivity index (χ0v) is 20.7. The number of thioether (sulfide) groups is 1. The van der Waals surface area contributed by atoms with Gasteiger partial charge in [-0.3, -0.25) is 4.79 Å². The second-order valence-electron chi connectivity index (χ2n) is 7.16. The first-order chi connectivity index (χ1) is 16.5. The third-order valence-electron chi connectivity index (χ3n) is 4.72. The molecule has 176 valence electrons. The molecule has 0 saturated carbocycles. The number of hydrogen-bond donors (Lipinski definition) is 0. The normalized spacial score (nSPS) is 10.4. The van der Waals surface area contributed by atoms with Crippen molar-refractivity contribution in [2.24, 2.45) is 0 Å². The van der Waals surface area contributed by atoms with E-state index in [0.717, 1.165) is 15.6 Å². The maximum absolute atomic E-state index is 12.9. The Kier molecular flexibility index (Phi) is 9.50. The Bertz CT molecular complexity index is 1160. The summed E-state index contributed by atoms with van der Waals surface area (Å²) < 4.78 is 11.7. The molecule has 1 amide bonds. The van der Waals surface area contributed by atoms with Gasteiger partial charge in [0.25, 0.3) is 5.91 Å². The quantitative estimate of drug-likeness (QED) is 0.265. The molecule has 0 N–H and O–H groups in total. The van der Waals surface area contributed by atoms with Gasteiger partial charge in [-0.1, -0.05) is 30.0 Å². The van der Waals surface area contributed by atoms with Gasteiger partial charge in [0.1, 0.15) is 10.1 Å². The maximum atomic E-state index is 12.9. The van der Waals surface area contributed by atoms with Gasteiger partial charge in [0, 0.05) is 29.1 Å². The first-order valence-corrected chi connectivity index (χ1v) is 12.6. The highest BCUT2D eigenvalue weighted by molar-refractivity contribution is 8.00. The van der Waals surface area contributed by atoms with E-state index in [1.807, 2.05) is 37.4 Å². The Morgan fingerprint density at radius 3 is 2.62 bits per heavy atom. The van der Waals surface area contributed by atoms with Crippen molar-refractivity contribution in [3.63, 3.8) is 0 Å². The monoisotopic (exact) mass is 495 g/mol. The average Bonchev–Trinajstić information content (AvgIpc) is 3.27. The molecule has 1 heterocycles. The van der Waals surface area contributed by atoms with E-state index in [-0.39, 0.29) is 13.0 Å². The van der Waals surface area contributed by atoms with Crippen molar-refractivity contribution >= 4 is 40.7 Å². The number of carbonyl (C=O) groups excluding carboxylic acids is 2. The van der Waals surface area contributed by atoms with Crippen LogP contribution in [0.25, 0.3) is 0 Å². The van der Waals surface area contributed by atoms with E-state index in [0.29, 0.717) is 29.4 Å². The largest absolute Gasteiger partial charge is 0.494 e. The first kappa shape index (κ1) is 25.3. The SMILES string of the molecule is CCOc1ccc(N(CCC#N)C(=O)COC(=O)c2ccccc2CSc2nc(C)cs2)cc1. The number of rotatable bonds is 11. The fourth-order valence-corrected chi connectivity index (χ4v) is 4.97. The van der Waals surface area contributed by atoms with Gasteiger partial charge in [-0.2, -0.15) is 5.26 Å². The number of thiazole rings is 1. The molecule has 34 heavy (non-hydrogen) atoms. The Labute approximate surface area is 207 Å². The van der Waals surface area contributed by atoms with E-state index in [1.54, 1.807) is 59.5 Å². The molecular weight excluding hydrogens is 470 g/mol. The minimum atomic E-state index is -0.563. The van der Waals surface area contributed by atoms with Crippen LogP contribution in [0.1, 0.15) is 35.0 Å². The lowest BCUT2D eigenvalue weighted by Crippen LogP contribution is -2.35. The molecular formula is C25H25N3O4S2. The Hall–Kier alpha value is -3.35. The fourth-order valence-electron chi connectivity index (χ4n) is 3.11. The van der Waals surface area contributed by atoms with E-state index < -0.39 is 18.5 Å². The molecule has 2 aromatic carbocycles. The second kappa shape index (κ2) is 12.8. The highest BCUT2D eigenvalue weighted by atomic mass is 32.2. The van der Waals surface area contributed by atoms with Crippen LogP contribution >= 0.6 is 23.1 Å². The van der Waals surface area contributed by atoms with Crippen molar-refractivity contribution < 1.29 is 19.1 Å². The van der Waals surface area contributed by atoms with E-state index in [4.69, 9.17) is 14.7 Å². The summed E-state index contributed by atoms with van der Waals surface area (Å²) in [5, 5.41) is 11.0. The van der Waals surface area contributed by atoms with Gasteiger partial charge in [-0.25, -0.2) is 9.78 Å². The van der Waals surface area contributed by atoms with Crippen LogP contribution in [0.15, 0.2) is 58.3 Å². The summed E-state index contributed by atoms with van der Waals surface area (Å²) in [6.07, 6.45) is 0.156. The molecule has 1 aromatic heterocycles. The number of nitriles is 1. The highest BCUT2D eigenvalue weighted by Gasteiger charge is 2.20. The molecule has 0 fully saturated rings. The van der Waals surface area contributed by atoms with Crippen LogP contribution in [0, 0.1) is 18.3 Å². The van der Waals surface area contributed by atoms with Gasteiger partial charge < -0.3 is 14.4 Å². The zero-order valence-electron chi connectivity index (χ0n) is 19.0. The second-order valence-corrected chi connectivity index (χ2v) is 9.24. The molecule has 0 atom stereocenters. The molecule has 0 saturated heterocycles. The number of nitrogens with zero attached hydrogens (tertiary/aromatic N) is 3. The third-order valence-corrected chi connectivity index (χ3v) is 6.91. The van der Waals surface area contributed by atoms with Crippen LogP contribution in [0.2, 0.25) is 0 Å². The molecule has 3 aromatic rings. The van der Waals surface area contributed by atoms with Gasteiger partial charge in [-0.15, -0.1) is 11.3 Å². The first-order valence-electron chi connectivity index (χ1n) is 10.7. The van der Waals surface area contributed by atoms with Gasteiger partial charge in [-0.05, 0) is 49.7 Å². The predicted molar refractivity (Wildman–Crippen MR) is 133 cm³/mol. The van der Waals surface area contributed by atoms with Crippen LogP contribution in [-0.2, 0) is 15.3 Å². The minimum absolute atomic E-state index is 0.156. The number of benzene rings is 2. The molecule has 0 spiro atoms. The van der Waals surface area contributed by atoms with Crippen molar-refractivity contribution in [3.05, 3.63) is 70.7 Å². The topological polar surface area (TPSA) is 92.5 Å². The van der Waals surface area contributed by atoms with Gasteiger partial charge in [0.05, 0.1) is 24.7 Å². The Balaban J connectivity index is 1.65. The molecule has 0 bridgehead atoms. The summed E-state index contributed by atoms with van der Waals surface area (Å²) in [6.45, 7) is 4.14. The van der Waals surface area contributed by atoms with Crippen LogP contribution in [0.5, 0.6) is 5.75 Å². The lowest BCUT2D eigenvalue weighted by Gasteiger charge is -2.22. The van der Waals surface area contributed by atoms with Crippen LogP contribution in [0.3, 0.4) is 0 Å². The van der Waals surface area contributed by atoms with Crippen LogP contribution < -0.4 is 9.64 Å². The number of aryl methyl sites for hydroxylation is 1. The summed E-state index contributed by atoms with van der Waals surface area (Å²) in [4.78, 5) is 31.6. The van der Waals surface area contributed by atoms with Crippen molar-refractivity contribution in [3.8, 4) is 11.8 Å². The van der Waals surface area contributed by atoms with Crippen molar-refractivity contribution in [1.82, 2.24) is 4.98 Å². The summed E-state index contributed by atoms with van der Waals surface area (Å²) >= 11 is 3.11. The molecule has 0 aliphatic heterocycles. The van der Waals surface area contributed by atoms with E-state index in [1.165, 1.54) is 4.90 Å². The average molecular weight is 496 g/mol. The van der Waals surface area contributed by atoms with Crippen molar-refractivity contribution in [1.29, 1.82) is 5.26 Å². The molecule has 0 unspecified atom stereocenters. The number of aromatic nitrogens is 1. The Morgan fingerprint density at radius 2 is 1.94 bits per heavy atom. The summed E-state index contributed by atoms with van der Waals surface area (Å²) in [5.74, 6) is 0.282. The molecule has 0 aliphatic carbocycles. The van der Waals surface area contributed by atoms with E-state index in [9.17, 15) is 9.59 Å². The third kappa shape index (κ3) is 7.07. The maximum Gasteiger partial charge on any atom is 0.338 e. The van der Waals surface area contributed by atoms with Crippen molar-refractivity contribution in [2.75, 3.05) is 24.7 Å². The lowest BCUT2D eigenvalue weighted by molar-refractivity contribution is -0.121. The van der Waals surface area contributed by atoms with E-state index >= 15 is 0 Å². The predicted octanol–water partition coefficient (Wildman–Crippen LogP) is 5.25. The minimum Gasteiger partial charge on any atom is -0.494 e. The number of amides is 1. The zero-order chi connectivity index (χ0) is 24.3. The summed E-state index contributed by atoms with van der Waals surface area (Å²) in [5.41, 5.74) is 2.80. The van der Waals surface area contributed by atoms with Crippen molar-refractivity contribution in [2.45, 2.75) is 30.4 Å². The number of esters is 1. The molecule has 9 heteroatoms. The summed E-state index contributed by atoms with van der Waals surface area (Å²) in [6, 6.07) is 16.2. The van der Waals surface area contributed by atoms with E-state index in [2.05, 4.69) is 4.98 Å². The number of hydrogen-bond acceptors (Lipinski definition) is 8. The smallest absolute Gasteiger partial charge is 0.338 e. The Morgan fingerprint density at radius 1 is 1.18 bits per heavy atom. The van der Waals surface area contributed by atoms with Gasteiger partial charge in [0.2, 0.25) is 0 Å². The molecule has 0 aliphatic rings.